The zero-order valence-corrected chi connectivity index (χ0v) is 23.0. The molecular weight excluding hydrogens is 520 g/mol. The standard InChI is InChI=1S/C17H17NO2.C16H17NO4/c1-2-4-14(5-3-1)13-19-10-11-20-16-6-7-17-15(12-16)8-9-18-17;1-13-11-15(7-8-16(13)17(18)19)21-10-9-20-12-14-5-3-2-4-6-14/h1-9,12,18H,10-11,13H2;2-8,11H,9-10,12H2,1H3. The summed E-state index contributed by atoms with van der Waals surface area (Å²) in [5.41, 5.74) is 4.10. The van der Waals surface area contributed by atoms with E-state index >= 15 is 0 Å². The van der Waals surface area contributed by atoms with E-state index in [1.54, 1.807) is 19.1 Å². The molecule has 212 valence electrons. The number of nitrogens with one attached hydrogen (secondary N) is 1. The van der Waals surface area contributed by atoms with Crippen molar-refractivity contribution in [3.63, 3.8) is 0 Å². The van der Waals surface area contributed by atoms with Crippen molar-refractivity contribution in [2.45, 2.75) is 20.1 Å². The Morgan fingerprint density at radius 2 is 1.24 bits per heavy atom. The molecule has 0 saturated heterocycles. The van der Waals surface area contributed by atoms with Crippen LogP contribution in [-0.2, 0) is 22.7 Å². The Balaban J connectivity index is 0.000000189. The zero-order chi connectivity index (χ0) is 28.7. The predicted octanol–water partition coefficient (Wildman–Crippen LogP) is 7.26. The van der Waals surface area contributed by atoms with E-state index in [0.717, 1.165) is 22.2 Å². The number of hydrogen-bond acceptors (Lipinski definition) is 6. The number of aromatic amines is 1. The van der Waals surface area contributed by atoms with Crippen molar-refractivity contribution in [3.05, 3.63) is 136 Å². The number of nitro groups is 1. The van der Waals surface area contributed by atoms with E-state index in [1.807, 2.05) is 79.0 Å². The van der Waals surface area contributed by atoms with Crippen molar-refractivity contribution in [3.8, 4) is 11.5 Å². The molecule has 0 atom stereocenters. The van der Waals surface area contributed by atoms with Gasteiger partial charge in [0.2, 0.25) is 0 Å². The highest BCUT2D eigenvalue weighted by Gasteiger charge is 2.10. The molecule has 0 fully saturated rings. The molecule has 0 aliphatic rings. The van der Waals surface area contributed by atoms with E-state index < -0.39 is 4.92 Å². The van der Waals surface area contributed by atoms with Crippen molar-refractivity contribution in [2.75, 3.05) is 26.4 Å². The molecule has 0 radical (unpaired) electrons. The van der Waals surface area contributed by atoms with Crippen LogP contribution in [0.25, 0.3) is 10.9 Å². The van der Waals surface area contributed by atoms with Crippen LogP contribution in [0.15, 0.2) is 109 Å². The van der Waals surface area contributed by atoms with Gasteiger partial charge < -0.3 is 23.9 Å². The van der Waals surface area contributed by atoms with E-state index in [1.165, 1.54) is 11.6 Å². The minimum absolute atomic E-state index is 0.0997. The van der Waals surface area contributed by atoms with Gasteiger partial charge in [0, 0.05) is 28.7 Å². The summed E-state index contributed by atoms with van der Waals surface area (Å²) < 4.78 is 22.3. The summed E-state index contributed by atoms with van der Waals surface area (Å²) in [4.78, 5) is 13.5. The van der Waals surface area contributed by atoms with Gasteiger partial charge in [0.15, 0.2) is 0 Å². The van der Waals surface area contributed by atoms with Gasteiger partial charge in [-0.25, -0.2) is 0 Å². The van der Waals surface area contributed by atoms with Crippen molar-refractivity contribution < 1.29 is 23.9 Å². The number of nitro benzene ring substituents is 1. The molecule has 8 heteroatoms. The maximum Gasteiger partial charge on any atom is 0.272 e. The Hall–Kier alpha value is -4.66. The first-order chi connectivity index (χ1) is 20.1. The minimum atomic E-state index is -0.401. The fraction of sp³-hybridized carbons (Fsp3) is 0.212. The summed E-state index contributed by atoms with van der Waals surface area (Å²) >= 11 is 0. The number of nitrogens with zero attached hydrogens (tertiary/aromatic N) is 1. The van der Waals surface area contributed by atoms with Gasteiger partial charge in [-0.1, -0.05) is 60.7 Å². The van der Waals surface area contributed by atoms with E-state index in [9.17, 15) is 10.1 Å². The first kappa shape index (κ1) is 29.3. The lowest BCUT2D eigenvalue weighted by Crippen LogP contribution is -2.07. The van der Waals surface area contributed by atoms with Crippen molar-refractivity contribution in [2.24, 2.45) is 0 Å². The molecule has 1 N–H and O–H groups in total. The number of aryl methyl sites for hydroxylation is 1. The topological polar surface area (TPSA) is 95.8 Å². The largest absolute Gasteiger partial charge is 0.491 e. The van der Waals surface area contributed by atoms with Crippen LogP contribution in [0.5, 0.6) is 11.5 Å². The molecule has 0 amide bonds. The number of benzene rings is 4. The molecule has 0 saturated carbocycles. The molecule has 0 spiro atoms. The van der Waals surface area contributed by atoms with Crippen LogP contribution < -0.4 is 9.47 Å². The summed E-state index contributed by atoms with van der Waals surface area (Å²) in [6.45, 7) is 4.87. The Kier molecular flexibility index (Phi) is 11.3. The van der Waals surface area contributed by atoms with Gasteiger partial charge in [-0.3, -0.25) is 10.1 Å². The maximum absolute atomic E-state index is 10.7. The van der Waals surface area contributed by atoms with E-state index in [-0.39, 0.29) is 5.69 Å². The smallest absolute Gasteiger partial charge is 0.272 e. The van der Waals surface area contributed by atoms with Crippen LogP contribution in [0.2, 0.25) is 0 Å². The van der Waals surface area contributed by atoms with Crippen LogP contribution in [-0.4, -0.2) is 36.3 Å². The monoisotopic (exact) mass is 554 g/mol. The van der Waals surface area contributed by atoms with Gasteiger partial charge in [-0.15, -0.1) is 0 Å². The average Bonchev–Trinajstić information content (AvgIpc) is 3.46. The van der Waals surface area contributed by atoms with E-state index in [2.05, 4.69) is 17.1 Å². The fourth-order valence-electron chi connectivity index (χ4n) is 4.01. The van der Waals surface area contributed by atoms with Crippen LogP contribution >= 0.6 is 0 Å². The average molecular weight is 555 g/mol. The van der Waals surface area contributed by atoms with Gasteiger partial charge in [0.25, 0.3) is 5.69 Å². The lowest BCUT2D eigenvalue weighted by Gasteiger charge is -2.08. The SMILES string of the molecule is Cc1cc(OCCOCc2ccccc2)ccc1[N+](=O)[O-].c1ccc(COCCOc2ccc3[nH]ccc3c2)cc1. The Bertz CT molecular complexity index is 1490. The number of H-pyrrole nitrogens is 1. The predicted molar refractivity (Wildman–Crippen MR) is 159 cm³/mol. The third kappa shape index (κ3) is 9.79. The number of hydrogen-bond donors (Lipinski definition) is 1. The number of rotatable bonds is 13. The molecule has 0 aliphatic carbocycles. The highest BCUT2D eigenvalue weighted by atomic mass is 16.6. The number of aromatic nitrogens is 1. The first-order valence-electron chi connectivity index (χ1n) is 13.4. The summed E-state index contributed by atoms with van der Waals surface area (Å²) in [6.07, 6.45) is 1.93. The molecule has 0 aliphatic heterocycles. The Labute approximate surface area is 239 Å². The Morgan fingerprint density at radius 1 is 0.683 bits per heavy atom. The van der Waals surface area contributed by atoms with Crippen LogP contribution in [0.1, 0.15) is 16.7 Å². The quantitative estimate of drug-likeness (QED) is 0.0935. The molecule has 0 bridgehead atoms. The van der Waals surface area contributed by atoms with E-state index in [4.69, 9.17) is 18.9 Å². The van der Waals surface area contributed by atoms with Crippen LogP contribution in [0.3, 0.4) is 0 Å². The molecule has 8 nitrogen and oxygen atoms in total. The second-order valence-corrected chi connectivity index (χ2v) is 9.21. The molecule has 41 heavy (non-hydrogen) atoms. The molecule has 0 unspecified atom stereocenters. The second-order valence-electron chi connectivity index (χ2n) is 9.21. The summed E-state index contributed by atoms with van der Waals surface area (Å²) in [6, 6.07) is 32.8. The van der Waals surface area contributed by atoms with E-state index in [0.29, 0.717) is 51.0 Å². The maximum atomic E-state index is 10.7. The molecule has 5 rings (SSSR count). The fourth-order valence-corrected chi connectivity index (χ4v) is 4.01. The van der Waals surface area contributed by atoms with Gasteiger partial charge >= 0.3 is 0 Å². The van der Waals surface area contributed by atoms with Gasteiger partial charge in [0.1, 0.15) is 24.7 Å². The summed E-state index contributed by atoms with van der Waals surface area (Å²) in [7, 11) is 0. The van der Waals surface area contributed by atoms with Crippen LogP contribution in [0.4, 0.5) is 5.69 Å². The van der Waals surface area contributed by atoms with Crippen molar-refractivity contribution >= 4 is 16.6 Å². The van der Waals surface area contributed by atoms with Gasteiger partial charge in [-0.2, -0.15) is 0 Å². The lowest BCUT2D eigenvalue weighted by atomic mass is 10.2. The number of fused-ring (bicyclic) bond motifs is 1. The van der Waals surface area contributed by atoms with Crippen molar-refractivity contribution in [1.82, 2.24) is 4.98 Å². The zero-order valence-electron chi connectivity index (χ0n) is 23.0. The van der Waals surface area contributed by atoms with Crippen LogP contribution in [0, 0.1) is 17.0 Å². The minimum Gasteiger partial charge on any atom is -0.491 e. The van der Waals surface area contributed by atoms with Gasteiger partial charge in [-0.05, 0) is 54.4 Å². The van der Waals surface area contributed by atoms with Crippen molar-refractivity contribution in [1.29, 1.82) is 0 Å². The second kappa shape index (κ2) is 15.8. The third-order valence-electron chi connectivity index (χ3n) is 6.11. The highest BCUT2D eigenvalue weighted by Crippen LogP contribution is 2.23. The molecule has 4 aromatic carbocycles. The first-order valence-corrected chi connectivity index (χ1v) is 13.4. The summed E-state index contributed by atoms with van der Waals surface area (Å²) in [5, 5.41) is 11.9. The lowest BCUT2D eigenvalue weighted by molar-refractivity contribution is -0.385. The molecular formula is C33H34N2O6. The molecule has 1 aromatic heterocycles. The molecule has 1 heterocycles. The van der Waals surface area contributed by atoms with Gasteiger partial charge in [0.05, 0.1) is 31.4 Å². The third-order valence-corrected chi connectivity index (χ3v) is 6.11. The highest BCUT2D eigenvalue weighted by molar-refractivity contribution is 5.80. The normalized spacial score (nSPS) is 10.6. The number of ether oxygens (including phenoxy) is 4. The Morgan fingerprint density at radius 3 is 1.80 bits per heavy atom. The summed E-state index contributed by atoms with van der Waals surface area (Å²) in [5.74, 6) is 1.49. The molecule has 5 aromatic rings.